The van der Waals surface area contributed by atoms with Gasteiger partial charge in [-0.2, -0.15) is 0 Å². The average Bonchev–Trinajstić information content (AvgIpc) is 3.05. The first-order valence-corrected chi connectivity index (χ1v) is 16.9. The van der Waals surface area contributed by atoms with E-state index >= 15 is 0 Å². The first kappa shape index (κ1) is 45.0. The molecule has 0 aromatic heterocycles. The zero-order chi connectivity index (χ0) is 33.3. The minimum atomic E-state index is -0.873. The Labute approximate surface area is 276 Å². The summed E-state index contributed by atoms with van der Waals surface area (Å²) in [6.07, 6.45) is 6.26. The molecule has 0 spiro atoms. The Hall–Kier alpha value is -1.01. The van der Waals surface area contributed by atoms with Crippen LogP contribution in [0.3, 0.4) is 0 Å². The molecule has 0 aromatic carbocycles. The van der Waals surface area contributed by atoms with Gasteiger partial charge in [-0.3, -0.25) is 4.79 Å². The maximum Gasteiger partial charge on any atom is 0.305 e. The normalized spacial score (nSPS) is 11.5. The van der Waals surface area contributed by atoms with Crippen LogP contribution in [0.5, 0.6) is 0 Å². The quantitative estimate of drug-likeness (QED) is 0.0948. The fourth-order valence-electron chi connectivity index (χ4n) is 3.49. The molecule has 0 amide bonds. The number of ether oxygens (including phenoxy) is 12. The van der Waals surface area contributed by atoms with Crippen LogP contribution < -0.4 is 0 Å². The second kappa shape index (κ2) is 42.0. The predicted molar refractivity (Wildman–Crippen MR) is 171 cm³/mol. The largest absolute Gasteiger partial charge is 0.481 e. The van der Waals surface area contributed by atoms with Gasteiger partial charge in [-0.05, 0) is 6.42 Å². The van der Waals surface area contributed by atoms with E-state index in [9.17, 15) is 4.79 Å². The van der Waals surface area contributed by atoms with Gasteiger partial charge in [0.2, 0.25) is 0 Å². The molecule has 14 heteroatoms. The molecule has 276 valence electrons. The van der Waals surface area contributed by atoms with Crippen molar-refractivity contribution in [1.29, 1.82) is 0 Å². The number of hydrogen-bond donors (Lipinski definition) is 1. The van der Waals surface area contributed by atoms with E-state index in [2.05, 4.69) is 6.92 Å². The van der Waals surface area contributed by atoms with Crippen LogP contribution in [0.15, 0.2) is 0 Å². The Kier molecular flexibility index (Phi) is 41.1. The highest BCUT2D eigenvalue weighted by Gasteiger charge is 1.98. The lowest BCUT2D eigenvalue weighted by Crippen LogP contribution is -2.15. The number of carboxylic acids is 1. The lowest BCUT2D eigenvalue weighted by atomic mass is 10.2. The number of carboxylic acid groups (broad SMARTS) is 1. The number of hydrogen-bond acceptors (Lipinski definition) is 13. The van der Waals surface area contributed by atoms with Gasteiger partial charge in [0.05, 0.1) is 158 Å². The molecule has 0 aliphatic rings. The molecule has 0 aromatic rings. The van der Waals surface area contributed by atoms with Crippen molar-refractivity contribution >= 4 is 5.97 Å². The fraction of sp³-hybridized carbons (Fsp3) is 0.969. The van der Waals surface area contributed by atoms with Crippen molar-refractivity contribution in [2.24, 2.45) is 0 Å². The molecule has 0 unspecified atom stereocenters. The lowest BCUT2D eigenvalue weighted by Gasteiger charge is -2.09. The predicted octanol–water partition coefficient (Wildman–Crippen LogP) is 2.63. The van der Waals surface area contributed by atoms with Crippen molar-refractivity contribution in [3.05, 3.63) is 0 Å². The van der Waals surface area contributed by atoms with Gasteiger partial charge in [0.25, 0.3) is 0 Å². The van der Waals surface area contributed by atoms with Gasteiger partial charge in [-0.15, -0.1) is 0 Å². The van der Waals surface area contributed by atoms with E-state index in [1.54, 1.807) is 0 Å². The third-order valence-electron chi connectivity index (χ3n) is 5.94. The standard InChI is InChI=1S/C32H64O14/c1-2-3-4-5-6-8-35-10-12-37-14-16-39-18-20-41-22-24-43-26-28-45-30-31-46-29-27-44-25-23-42-21-19-40-17-15-38-13-11-36-9-7-32(33)34/h2-31H2,1H3,(H,33,34). The van der Waals surface area contributed by atoms with E-state index in [1.165, 1.54) is 25.7 Å². The summed E-state index contributed by atoms with van der Waals surface area (Å²) in [7, 11) is 0. The maximum atomic E-state index is 10.3. The highest BCUT2D eigenvalue weighted by molar-refractivity contribution is 5.66. The van der Waals surface area contributed by atoms with Crippen molar-refractivity contribution < 1.29 is 66.7 Å². The minimum absolute atomic E-state index is 0.000821. The van der Waals surface area contributed by atoms with Gasteiger partial charge in [0, 0.05) is 6.61 Å². The summed E-state index contributed by atoms with van der Waals surface area (Å²) in [6, 6.07) is 0. The van der Waals surface area contributed by atoms with Crippen LogP contribution in [0.2, 0.25) is 0 Å². The Balaban J connectivity index is 3.04. The molecule has 1 N–H and O–H groups in total. The number of unbranched alkanes of at least 4 members (excludes halogenated alkanes) is 4. The number of aliphatic carboxylic acids is 1. The van der Waals surface area contributed by atoms with Crippen molar-refractivity contribution in [2.45, 2.75) is 45.4 Å². The molecule has 0 radical (unpaired) electrons. The summed E-state index contributed by atoms with van der Waals surface area (Å²) >= 11 is 0. The molecule has 0 fully saturated rings. The van der Waals surface area contributed by atoms with E-state index in [0.717, 1.165) is 13.0 Å². The smallest absolute Gasteiger partial charge is 0.305 e. The SMILES string of the molecule is CCCCCCCOCCOCCOCCOCCOCCOCCOCCOCCOCCOCCOCCOCCC(=O)O. The van der Waals surface area contributed by atoms with Crippen molar-refractivity contribution in [2.75, 3.05) is 159 Å². The van der Waals surface area contributed by atoms with Crippen LogP contribution in [0, 0.1) is 0 Å². The molecular formula is C32H64O14. The summed E-state index contributed by atoms with van der Waals surface area (Å²) in [5.74, 6) is -0.873. The monoisotopic (exact) mass is 672 g/mol. The third-order valence-corrected chi connectivity index (χ3v) is 5.94. The molecule has 0 saturated heterocycles. The molecule has 0 heterocycles. The van der Waals surface area contributed by atoms with E-state index in [0.29, 0.717) is 145 Å². The highest BCUT2D eigenvalue weighted by atomic mass is 16.6. The molecule has 0 saturated carbocycles. The van der Waals surface area contributed by atoms with Gasteiger partial charge in [-0.25, -0.2) is 0 Å². The second-order valence-corrected chi connectivity index (χ2v) is 9.91. The Morgan fingerprint density at radius 3 is 0.783 bits per heavy atom. The molecule has 46 heavy (non-hydrogen) atoms. The van der Waals surface area contributed by atoms with Crippen molar-refractivity contribution in [3.63, 3.8) is 0 Å². The van der Waals surface area contributed by atoms with E-state index in [-0.39, 0.29) is 13.0 Å². The first-order valence-electron chi connectivity index (χ1n) is 16.9. The minimum Gasteiger partial charge on any atom is -0.481 e. The molecule has 0 bridgehead atoms. The molecule has 0 rings (SSSR count). The van der Waals surface area contributed by atoms with E-state index < -0.39 is 5.97 Å². The van der Waals surface area contributed by atoms with Gasteiger partial charge in [-0.1, -0.05) is 32.6 Å². The Morgan fingerprint density at radius 2 is 0.543 bits per heavy atom. The lowest BCUT2D eigenvalue weighted by molar-refractivity contribution is -0.138. The topological polar surface area (TPSA) is 148 Å². The summed E-state index contributed by atoms with van der Waals surface area (Å²) in [5, 5.41) is 8.49. The van der Waals surface area contributed by atoms with E-state index in [4.69, 9.17) is 61.9 Å². The fourth-order valence-corrected chi connectivity index (χ4v) is 3.49. The van der Waals surface area contributed by atoms with Gasteiger partial charge < -0.3 is 61.9 Å². The van der Waals surface area contributed by atoms with Crippen LogP contribution in [-0.2, 0) is 61.6 Å². The molecule has 0 aliphatic carbocycles. The van der Waals surface area contributed by atoms with Crippen molar-refractivity contribution in [1.82, 2.24) is 0 Å². The average molecular weight is 673 g/mol. The Morgan fingerprint density at radius 1 is 0.326 bits per heavy atom. The number of carbonyl (C=O) groups is 1. The van der Waals surface area contributed by atoms with E-state index in [1.807, 2.05) is 0 Å². The van der Waals surface area contributed by atoms with Crippen LogP contribution in [0.25, 0.3) is 0 Å². The third kappa shape index (κ3) is 43.0. The highest BCUT2D eigenvalue weighted by Crippen LogP contribution is 2.02. The first-order chi connectivity index (χ1) is 22.8. The van der Waals surface area contributed by atoms with Gasteiger partial charge >= 0.3 is 5.97 Å². The van der Waals surface area contributed by atoms with Gasteiger partial charge in [0.1, 0.15) is 0 Å². The summed E-state index contributed by atoms with van der Waals surface area (Å²) in [6.45, 7) is 14.3. The van der Waals surface area contributed by atoms with Crippen LogP contribution in [-0.4, -0.2) is 170 Å². The zero-order valence-corrected chi connectivity index (χ0v) is 28.5. The van der Waals surface area contributed by atoms with Crippen LogP contribution in [0.1, 0.15) is 45.4 Å². The number of rotatable bonds is 42. The maximum absolute atomic E-state index is 10.3. The summed E-state index contributed by atoms with van der Waals surface area (Å²) in [5.41, 5.74) is 0. The molecule has 0 aliphatic heterocycles. The molecule has 0 atom stereocenters. The van der Waals surface area contributed by atoms with Crippen LogP contribution in [0.4, 0.5) is 0 Å². The molecule has 14 nitrogen and oxygen atoms in total. The summed E-state index contributed by atoms with van der Waals surface area (Å²) < 4.78 is 65.2. The van der Waals surface area contributed by atoms with Gasteiger partial charge in [0.15, 0.2) is 0 Å². The summed E-state index contributed by atoms with van der Waals surface area (Å²) in [4.78, 5) is 10.3. The van der Waals surface area contributed by atoms with Crippen LogP contribution >= 0.6 is 0 Å². The van der Waals surface area contributed by atoms with Crippen molar-refractivity contribution in [3.8, 4) is 0 Å². The Bertz CT molecular complexity index is 573. The zero-order valence-electron chi connectivity index (χ0n) is 28.5. The molecular weight excluding hydrogens is 608 g/mol. The second-order valence-electron chi connectivity index (χ2n) is 9.91.